The van der Waals surface area contributed by atoms with Crippen molar-refractivity contribution in [1.29, 1.82) is 0 Å². The van der Waals surface area contributed by atoms with Crippen LogP contribution < -0.4 is 14.4 Å². The summed E-state index contributed by atoms with van der Waals surface area (Å²) in [5, 5.41) is 3.10. The van der Waals surface area contributed by atoms with Crippen molar-refractivity contribution in [3.8, 4) is 5.75 Å². The van der Waals surface area contributed by atoms with Crippen LogP contribution in [0.1, 0.15) is 44.6 Å². The van der Waals surface area contributed by atoms with Crippen LogP contribution in [0.15, 0.2) is 54.6 Å². The number of hydrogen-bond acceptors (Lipinski definition) is 5. The van der Waals surface area contributed by atoms with E-state index in [1.807, 2.05) is 12.1 Å². The lowest BCUT2D eigenvalue weighted by molar-refractivity contribution is -0.139. The molecule has 1 atom stereocenters. The third-order valence-corrected chi connectivity index (χ3v) is 8.49. The van der Waals surface area contributed by atoms with Gasteiger partial charge in [0.2, 0.25) is 11.8 Å². The van der Waals surface area contributed by atoms with Gasteiger partial charge in [0.05, 0.1) is 12.8 Å². The van der Waals surface area contributed by atoms with Crippen molar-refractivity contribution in [3.05, 3.63) is 60.2 Å². The first-order chi connectivity index (χ1) is 17.6. The maximum atomic E-state index is 13.8. The molecule has 202 valence electrons. The van der Waals surface area contributed by atoms with Gasteiger partial charge in [-0.1, -0.05) is 49.6 Å². The summed E-state index contributed by atoms with van der Waals surface area (Å²) in [5.74, 6) is -0.0985. The summed E-state index contributed by atoms with van der Waals surface area (Å²) >= 11 is 0. The molecule has 0 aromatic heterocycles. The minimum absolute atomic E-state index is 0.0902. The summed E-state index contributed by atoms with van der Waals surface area (Å²) < 4.78 is 33.8. The van der Waals surface area contributed by atoms with Crippen LogP contribution in [-0.4, -0.2) is 69.3 Å². The molecule has 10 heteroatoms. The molecule has 0 heterocycles. The molecule has 1 aliphatic rings. The molecule has 2 aromatic carbocycles. The molecule has 1 aliphatic carbocycles. The van der Waals surface area contributed by atoms with E-state index in [-0.39, 0.29) is 18.5 Å². The number of para-hydroxylation sites is 1. The van der Waals surface area contributed by atoms with Gasteiger partial charge in [-0.15, -0.1) is 0 Å². The lowest BCUT2D eigenvalue weighted by Crippen LogP contribution is -2.53. The zero-order valence-corrected chi connectivity index (χ0v) is 22.9. The summed E-state index contributed by atoms with van der Waals surface area (Å²) in [5.41, 5.74) is 1.14. The fourth-order valence-electron chi connectivity index (χ4n) is 4.43. The van der Waals surface area contributed by atoms with Gasteiger partial charge in [0.25, 0.3) is 0 Å². The topological polar surface area (TPSA) is 99.3 Å². The van der Waals surface area contributed by atoms with E-state index in [1.165, 1.54) is 19.0 Å². The molecule has 1 unspecified atom stereocenters. The Balaban J connectivity index is 1.91. The Morgan fingerprint density at radius 2 is 1.70 bits per heavy atom. The van der Waals surface area contributed by atoms with Crippen LogP contribution in [0.4, 0.5) is 5.69 Å². The van der Waals surface area contributed by atoms with Crippen LogP contribution in [-0.2, 0) is 26.3 Å². The van der Waals surface area contributed by atoms with E-state index in [1.54, 1.807) is 56.5 Å². The van der Waals surface area contributed by atoms with Crippen molar-refractivity contribution in [2.45, 2.75) is 57.7 Å². The third kappa shape index (κ3) is 7.45. The second-order valence-corrected chi connectivity index (χ2v) is 11.6. The maximum Gasteiger partial charge on any atom is 0.304 e. The number of methoxy groups -OCH3 is 1. The first kappa shape index (κ1) is 28.5. The SMILES string of the molecule is COc1cccc(CN(C(=O)CN(c2ccccc2)S(=O)(=O)N(C)C)C(C)C(=O)NC2CCCCC2)c1. The highest BCUT2D eigenvalue weighted by molar-refractivity contribution is 7.90. The predicted molar refractivity (Wildman–Crippen MR) is 144 cm³/mol. The second kappa shape index (κ2) is 12.9. The molecule has 1 saturated carbocycles. The van der Waals surface area contributed by atoms with Gasteiger partial charge in [-0.3, -0.25) is 9.59 Å². The van der Waals surface area contributed by atoms with Crippen molar-refractivity contribution in [2.24, 2.45) is 0 Å². The van der Waals surface area contributed by atoms with Gasteiger partial charge in [0.1, 0.15) is 18.3 Å². The van der Waals surface area contributed by atoms with Crippen molar-refractivity contribution >= 4 is 27.7 Å². The molecule has 9 nitrogen and oxygen atoms in total. The Morgan fingerprint density at radius 3 is 2.32 bits per heavy atom. The van der Waals surface area contributed by atoms with Gasteiger partial charge in [-0.2, -0.15) is 12.7 Å². The van der Waals surface area contributed by atoms with Crippen LogP contribution in [0.25, 0.3) is 0 Å². The van der Waals surface area contributed by atoms with Gasteiger partial charge in [0, 0.05) is 26.7 Å². The molecule has 3 rings (SSSR count). The molecule has 1 fully saturated rings. The monoisotopic (exact) mass is 530 g/mol. The number of nitrogens with zero attached hydrogens (tertiary/aromatic N) is 3. The normalized spacial score (nSPS) is 15.2. The van der Waals surface area contributed by atoms with Crippen LogP contribution in [0.5, 0.6) is 5.75 Å². The molecule has 0 saturated heterocycles. The summed E-state index contributed by atoms with van der Waals surface area (Å²) in [4.78, 5) is 28.5. The molecule has 37 heavy (non-hydrogen) atoms. The minimum Gasteiger partial charge on any atom is -0.497 e. The van der Waals surface area contributed by atoms with Gasteiger partial charge in [-0.25, -0.2) is 4.31 Å². The highest BCUT2D eigenvalue weighted by atomic mass is 32.2. The van der Waals surface area contributed by atoms with E-state index in [9.17, 15) is 18.0 Å². The van der Waals surface area contributed by atoms with Crippen LogP contribution in [0, 0.1) is 0 Å². The van der Waals surface area contributed by atoms with Crippen LogP contribution in [0.2, 0.25) is 0 Å². The van der Waals surface area contributed by atoms with Gasteiger partial charge in [0.15, 0.2) is 0 Å². The first-order valence-electron chi connectivity index (χ1n) is 12.6. The summed E-state index contributed by atoms with van der Waals surface area (Å²) in [7, 11) is 0.429. The van der Waals surface area contributed by atoms with Gasteiger partial charge >= 0.3 is 10.2 Å². The molecular formula is C27H38N4O5S. The average molecular weight is 531 g/mol. The number of ether oxygens (including phenoxy) is 1. The molecule has 1 N–H and O–H groups in total. The van der Waals surface area contributed by atoms with Gasteiger partial charge in [-0.05, 0) is 49.6 Å². The zero-order valence-electron chi connectivity index (χ0n) is 22.1. The van der Waals surface area contributed by atoms with Gasteiger partial charge < -0.3 is 15.0 Å². The second-order valence-electron chi connectivity index (χ2n) is 9.53. The molecule has 0 radical (unpaired) electrons. The quantitative estimate of drug-likeness (QED) is 0.481. The highest BCUT2D eigenvalue weighted by Crippen LogP contribution is 2.22. The Bertz CT molecular complexity index is 1150. The summed E-state index contributed by atoms with van der Waals surface area (Å²) in [6.07, 6.45) is 5.15. The Morgan fingerprint density at radius 1 is 1.03 bits per heavy atom. The fourth-order valence-corrected chi connectivity index (χ4v) is 5.49. The van der Waals surface area contributed by atoms with E-state index in [0.717, 1.165) is 46.3 Å². The predicted octanol–water partition coefficient (Wildman–Crippen LogP) is 3.17. The number of hydrogen-bond donors (Lipinski definition) is 1. The highest BCUT2D eigenvalue weighted by Gasteiger charge is 2.33. The Kier molecular flexibility index (Phi) is 9.93. The number of nitrogens with one attached hydrogen (secondary N) is 1. The van der Waals surface area contributed by atoms with E-state index in [2.05, 4.69) is 5.32 Å². The van der Waals surface area contributed by atoms with Crippen LogP contribution in [0.3, 0.4) is 0 Å². The molecule has 0 spiro atoms. The van der Waals surface area contributed by atoms with E-state index in [4.69, 9.17) is 4.74 Å². The Labute approximate surface area is 220 Å². The summed E-state index contributed by atoms with van der Waals surface area (Å²) in [6.45, 7) is 1.36. The number of carbonyl (C=O) groups excluding carboxylic acids is 2. The number of rotatable bonds is 11. The maximum absolute atomic E-state index is 13.8. The lowest BCUT2D eigenvalue weighted by Gasteiger charge is -2.34. The average Bonchev–Trinajstić information content (AvgIpc) is 2.90. The minimum atomic E-state index is -3.97. The third-order valence-electron chi connectivity index (χ3n) is 6.67. The fraction of sp³-hybridized carbons (Fsp3) is 0.481. The molecule has 2 aromatic rings. The van der Waals surface area contributed by atoms with Crippen LogP contribution >= 0.6 is 0 Å². The largest absolute Gasteiger partial charge is 0.497 e. The van der Waals surface area contributed by atoms with Crippen molar-refractivity contribution < 1.29 is 22.7 Å². The standard InChI is InChI=1S/C27H38N4O5S/c1-21(27(33)28-23-13-7-5-8-14-23)30(19-22-12-11-17-25(18-22)36-4)26(32)20-31(37(34,35)29(2)3)24-15-9-6-10-16-24/h6,9-12,15-18,21,23H,5,7-8,13-14,19-20H2,1-4H3,(H,28,33). The summed E-state index contributed by atoms with van der Waals surface area (Å²) in [6, 6.07) is 15.0. The van der Waals surface area contributed by atoms with E-state index in [0.29, 0.717) is 11.4 Å². The molecule has 2 amide bonds. The lowest BCUT2D eigenvalue weighted by atomic mass is 9.95. The molecule has 0 bridgehead atoms. The smallest absolute Gasteiger partial charge is 0.304 e. The van der Waals surface area contributed by atoms with E-state index >= 15 is 0 Å². The van der Waals surface area contributed by atoms with E-state index < -0.39 is 28.7 Å². The first-order valence-corrected chi connectivity index (χ1v) is 14.0. The van der Waals surface area contributed by atoms with Crippen molar-refractivity contribution in [3.63, 3.8) is 0 Å². The molecule has 0 aliphatic heterocycles. The zero-order chi connectivity index (χ0) is 27.0. The number of benzene rings is 2. The number of anilines is 1. The van der Waals surface area contributed by atoms with Crippen molar-refractivity contribution in [1.82, 2.24) is 14.5 Å². The molecular weight excluding hydrogens is 492 g/mol. The number of amides is 2. The Hall–Kier alpha value is -3.11. The number of carbonyl (C=O) groups is 2. The van der Waals surface area contributed by atoms with Crippen molar-refractivity contribution in [2.75, 3.05) is 32.1 Å².